The monoisotopic (exact) mass is 884 g/mol. The van der Waals surface area contributed by atoms with E-state index in [4.69, 9.17) is 18.9 Å². The van der Waals surface area contributed by atoms with Gasteiger partial charge in [-0.15, -0.1) is 0 Å². The molecule has 1 aliphatic carbocycles. The van der Waals surface area contributed by atoms with Gasteiger partial charge in [-0.3, -0.25) is 19.2 Å². The third-order valence-corrected chi connectivity index (χ3v) is 14.3. The zero-order chi connectivity index (χ0) is 46.6. The van der Waals surface area contributed by atoms with Crippen LogP contribution in [0.1, 0.15) is 138 Å². The van der Waals surface area contributed by atoms with E-state index >= 15 is 0 Å². The van der Waals surface area contributed by atoms with Crippen LogP contribution in [0.25, 0.3) is 0 Å². The summed E-state index contributed by atoms with van der Waals surface area (Å²) in [5.41, 5.74) is -0.107. The number of ketones is 3. The fraction of sp³-hybridized carbons (Fsp3) is 0.740. The molecule has 0 radical (unpaired) electrons. The van der Waals surface area contributed by atoms with E-state index in [9.17, 15) is 39.3 Å². The van der Waals surface area contributed by atoms with Gasteiger partial charge in [-0.25, -0.2) is 4.79 Å². The first-order chi connectivity index (χ1) is 29.7. The molecule has 3 aliphatic heterocycles. The Bertz CT molecular complexity index is 1720. The summed E-state index contributed by atoms with van der Waals surface area (Å²) in [4.78, 5) is 70.9. The minimum atomic E-state index is -2.42. The molecule has 2 bridgehead atoms. The first-order valence-corrected chi connectivity index (χ1v) is 23.4. The van der Waals surface area contributed by atoms with E-state index in [0.29, 0.717) is 63.4 Å². The first-order valence-electron chi connectivity index (χ1n) is 23.4. The van der Waals surface area contributed by atoms with Gasteiger partial charge in [0.15, 0.2) is 0 Å². The van der Waals surface area contributed by atoms with Crippen LogP contribution in [0.2, 0.25) is 0 Å². The number of aliphatic hydroxyl groups is 3. The third kappa shape index (κ3) is 14.3. The van der Waals surface area contributed by atoms with Crippen molar-refractivity contribution in [3.8, 4) is 0 Å². The number of hydrogen-bond acceptors (Lipinski definition) is 12. The minimum Gasteiger partial charge on any atom is -0.460 e. The Morgan fingerprint density at radius 2 is 1.63 bits per heavy atom. The van der Waals surface area contributed by atoms with E-state index in [-0.39, 0.29) is 73.6 Å². The van der Waals surface area contributed by atoms with Crippen LogP contribution in [-0.2, 0) is 42.9 Å². The molecule has 4 rings (SSSR count). The SMILES string of the molecule is CO[C@H]1C[C@@H]2CC[C@@H](C)[C@@](O)(O2)C(=O)C(=O)N2CCCC[C@H]2C(=O)O[C@H]([C@H](C)C[C@@H]2CC[C@@H](O)[C@H](OC)C2)CC(=O)C/C=C(\C)[C@@](C)(O)CC(=O)[C@H](C)C[C@H](C)/C=C/C=C/C=C/1C. The molecule has 3 fully saturated rings. The van der Waals surface area contributed by atoms with Gasteiger partial charge in [-0.2, -0.15) is 0 Å². The van der Waals surface area contributed by atoms with Crippen molar-refractivity contribution in [1.82, 2.24) is 4.90 Å². The van der Waals surface area contributed by atoms with Gasteiger partial charge < -0.3 is 39.2 Å². The van der Waals surface area contributed by atoms with Crippen molar-refractivity contribution >= 4 is 29.2 Å². The largest absolute Gasteiger partial charge is 0.460 e. The van der Waals surface area contributed by atoms with Crippen molar-refractivity contribution < 1.29 is 58.2 Å². The number of cyclic esters (lactones) is 1. The average Bonchev–Trinajstić information content (AvgIpc) is 3.24. The summed E-state index contributed by atoms with van der Waals surface area (Å²) < 4.78 is 23.7. The number of piperidine rings is 1. The molecule has 3 heterocycles. The quantitative estimate of drug-likeness (QED) is 0.151. The van der Waals surface area contributed by atoms with Crippen molar-refractivity contribution in [2.24, 2.45) is 29.6 Å². The summed E-state index contributed by atoms with van der Waals surface area (Å²) in [5.74, 6) is -6.72. The number of allylic oxidation sites excluding steroid dienone is 6. The topological polar surface area (TPSA) is 186 Å². The summed E-state index contributed by atoms with van der Waals surface area (Å²) in [7, 11) is 3.15. The molecule has 13 atom stereocenters. The molecule has 63 heavy (non-hydrogen) atoms. The van der Waals surface area contributed by atoms with Gasteiger partial charge in [-0.05, 0) is 114 Å². The van der Waals surface area contributed by atoms with Gasteiger partial charge in [-0.1, -0.05) is 64.2 Å². The highest BCUT2D eigenvalue weighted by atomic mass is 16.6. The summed E-state index contributed by atoms with van der Waals surface area (Å²) in [5, 5.41) is 33.8. The molecule has 4 aliphatic rings. The Balaban J connectivity index is 1.66. The smallest absolute Gasteiger partial charge is 0.329 e. The lowest BCUT2D eigenvalue weighted by molar-refractivity contribution is -0.265. The van der Waals surface area contributed by atoms with Crippen molar-refractivity contribution in [2.75, 3.05) is 20.8 Å². The predicted molar refractivity (Wildman–Crippen MR) is 239 cm³/mol. The van der Waals surface area contributed by atoms with Crippen LogP contribution >= 0.6 is 0 Å². The molecule has 0 aromatic carbocycles. The van der Waals surface area contributed by atoms with Crippen LogP contribution in [0, 0.1) is 29.6 Å². The van der Waals surface area contributed by atoms with Crippen LogP contribution in [-0.4, -0.2) is 118 Å². The average molecular weight is 884 g/mol. The minimum absolute atomic E-state index is 0.0661. The second-order valence-electron chi connectivity index (χ2n) is 19.5. The zero-order valence-corrected chi connectivity index (χ0v) is 39.4. The maximum atomic E-state index is 14.3. The third-order valence-electron chi connectivity index (χ3n) is 14.3. The first kappa shape index (κ1) is 52.3. The Morgan fingerprint density at radius 3 is 2.33 bits per heavy atom. The normalized spacial score (nSPS) is 40.1. The lowest BCUT2D eigenvalue weighted by Gasteiger charge is -2.42. The molecule has 0 aromatic heterocycles. The van der Waals surface area contributed by atoms with Crippen LogP contribution in [0.5, 0.6) is 0 Å². The fourth-order valence-corrected chi connectivity index (χ4v) is 9.69. The van der Waals surface area contributed by atoms with Crippen LogP contribution < -0.4 is 0 Å². The molecule has 3 N–H and O–H groups in total. The van der Waals surface area contributed by atoms with E-state index in [1.165, 1.54) is 4.90 Å². The van der Waals surface area contributed by atoms with Crippen molar-refractivity contribution in [1.29, 1.82) is 0 Å². The fourth-order valence-electron chi connectivity index (χ4n) is 9.69. The molecular weight excluding hydrogens is 807 g/mol. The number of aliphatic hydroxyl groups excluding tert-OH is 1. The molecule has 0 unspecified atom stereocenters. The summed E-state index contributed by atoms with van der Waals surface area (Å²) in [6.45, 7) is 12.8. The van der Waals surface area contributed by atoms with Crippen LogP contribution in [0.4, 0.5) is 0 Å². The maximum Gasteiger partial charge on any atom is 0.329 e. The number of ether oxygens (including phenoxy) is 4. The lowest BCUT2D eigenvalue weighted by atomic mass is 9.78. The van der Waals surface area contributed by atoms with Crippen molar-refractivity contribution in [2.45, 2.75) is 186 Å². The molecular formula is C50H77NO12. The Morgan fingerprint density at radius 1 is 0.905 bits per heavy atom. The number of fused-ring (bicyclic) bond motifs is 3. The van der Waals surface area contributed by atoms with E-state index in [2.05, 4.69) is 0 Å². The van der Waals surface area contributed by atoms with E-state index < -0.39 is 65.4 Å². The Hall–Kier alpha value is -3.33. The number of esters is 1. The van der Waals surface area contributed by atoms with Crippen LogP contribution in [0.15, 0.2) is 47.6 Å². The van der Waals surface area contributed by atoms with Gasteiger partial charge in [0.25, 0.3) is 11.7 Å². The highest BCUT2D eigenvalue weighted by molar-refractivity contribution is 6.39. The van der Waals surface area contributed by atoms with Crippen molar-refractivity contribution in [3.05, 3.63) is 47.6 Å². The molecule has 1 amide bonds. The van der Waals surface area contributed by atoms with Crippen molar-refractivity contribution in [3.63, 3.8) is 0 Å². The number of nitrogens with zero attached hydrogens (tertiary/aromatic N) is 1. The number of rotatable bonds is 5. The number of carbonyl (C=O) groups excluding carboxylic acids is 5. The second-order valence-corrected chi connectivity index (χ2v) is 19.5. The predicted octanol–water partition coefficient (Wildman–Crippen LogP) is 6.70. The molecule has 354 valence electrons. The number of methoxy groups -OCH3 is 2. The summed E-state index contributed by atoms with van der Waals surface area (Å²) >= 11 is 0. The maximum absolute atomic E-state index is 14.3. The second kappa shape index (κ2) is 23.7. The van der Waals surface area contributed by atoms with Gasteiger partial charge in [0.2, 0.25) is 5.79 Å². The lowest BCUT2D eigenvalue weighted by Crippen LogP contribution is -2.61. The van der Waals surface area contributed by atoms with E-state index in [1.807, 2.05) is 58.1 Å². The Labute approximate surface area is 375 Å². The van der Waals surface area contributed by atoms with E-state index in [1.54, 1.807) is 41.1 Å². The van der Waals surface area contributed by atoms with Gasteiger partial charge in [0.05, 0.1) is 30.0 Å². The summed E-state index contributed by atoms with van der Waals surface area (Å²) in [6.07, 6.45) is 13.9. The molecule has 1 saturated carbocycles. The highest BCUT2D eigenvalue weighted by Crippen LogP contribution is 2.38. The number of carbonyl (C=O) groups is 5. The molecule has 0 aromatic rings. The van der Waals surface area contributed by atoms with Gasteiger partial charge in [0.1, 0.15) is 23.7 Å². The van der Waals surface area contributed by atoms with E-state index in [0.717, 1.165) is 12.0 Å². The molecule has 0 spiro atoms. The standard InChI is InChI=1S/C50H77NO12/c1-31-15-11-10-12-16-32(2)43(60-8)29-39-22-19-36(6)50(59,63-39)46(55)47(56)51-24-14-13-17-40(51)48(57)62-44(34(4)26-37-20-23-41(53)45(27-37)61-9)28-38(52)21-18-35(5)49(7,58)30-42(54)33(3)25-31/h10-12,15-16,18,31,33-34,36-37,39-41,43-45,53,58-59H,13-14,17,19-30H2,1-9H3/b12-10+,15-11+,32-16+,35-18+/t31-,33-,34-,36-,37+,39+,40+,41-,43+,44+,45-,49+,50-/m1/s1. The molecule has 13 heteroatoms. The molecule has 13 nitrogen and oxygen atoms in total. The Kier molecular flexibility index (Phi) is 19.7. The summed E-state index contributed by atoms with van der Waals surface area (Å²) in [6, 6.07) is -1.12. The zero-order valence-electron chi connectivity index (χ0n) is 39.4. The number of Topliss-reactive ketones (excluding diaryl/α,β-unsaturated/α-hetero) is 3. The van der Waals surface area contributed by atoms with Gasteiger partial charge in [0, 0.05) is 58.3 Å². The molecule has 2 saturated heterocycles. The highest BCUT2D eigenvalue weighted by Gasteiger charge is 2.53. The van der Waals surface area contributed by atoms with Gasteiger partial charge >= 0.3 is 5.97 Å². The van der Waals surface area contributed by atoms with Crippen LogP contribution in [0.3, 0.4) is 0 Å². The number of hydrogen-bond donors (Lipinski definition) is 3. The number of amides is 1.